The van der Waals surface area contributed by atoms with Crippen LogP contribution in [0.3, 0.4) is 0 Å². The average molecular weight is 282 g/mol. The summed E-state index contributed by atoms with van der Waals surface area (Å²) in [6.07, 6.45) is 1.10. The summed E-state index contributed by atoms with van der Waals surface area (Å²) in [6.45, 7) is 2.08. The molecule has 9 heteroatoms. The number of carboxylic acid groups (broad SMARTS) is 1. The van der Waals surface area contributed by atoms with Gasteiger partial charge in [0.1, 0.15) is 0 Å². The first-order valence-electron chi connectivity index (χ1n) is 6.15. The summed E-state index contributed by atoms with van der Waals surface area (Å²) in [5, 5.41) is 25.4. The highest BCUT2D eigenvalue weighted by Crippen LogP contribution is 2.25. The van der Waals surface area contributed by atoms with Crippen LogP contribution in [0.15, 0.2) is 6.07 Å². The van der Waals surface area contributed by atoms with Crippen molar-refractivity contribution in [2.45, 2.75) is 25.8 Å². The molecule has 0 radical (unpaired) electrons. The minimum Gasteiger partial charge on any atom is -0.481 e. The van der Waals surface area contributed by atoms with Gasteiger partial charge in [-0.3, -0.25) is 9.59 Å². The van der Waals surface area contributed by atoms with Gasteiger partial charge in [0, 0.05) is 12.6 Å². The standard InChI is InChI=1S/C11H14N4O5/c1-6-7(11(17)18)3-2-4-14(6)10(16)8-5-9(13-12-8)15(19)20/h5-7H,2-4H2,1H3,(H,12,13)(H,17,18)/t6-,7-/m1/s1. The number of amides is 1. The summed E-state index contributed by atoms with van der Waals surface area (Å²) in [6, 6.07) is 0.587. The molecule has 1 aliphatic heterocycles. The Labute approximate surface area is 113 Å². The predicted octanol–water partition coefficient (Wildman–Crippen LogP) is 0.643. The van der Waals surface area contributed by atoms with Crippen LogP contribution in [0.1, 0.15) is 30.3 Å². The number of H-pyrrole nitrogens is 1. The summed E-state index contributed by atoms with van der Waals surface area (Å²) < 4.78 is 0. The fourth-order valence-electron chi connectivity index (χ4n) is 2.42. The number of hydrogen-bond acceptors (Lipinski definition) is 5. The van der Waals surface area contributed by atoms with Crippen LogP contribution in [0, 0.1) is 16.0 Å². The minimum absolute atomic E-state index is 0.0745. The van der Waals surface area contributed by atoms with E-state index in [1.807, 2.05) is 0 Å². The molecular formula is C11H14N4O5. The fourth-order valence-corrected chi connectivity index (χ4v) is 2.42. The third kappa shape index (κ3) is 2.46. The van der Waals surface area contributed by atoms with Crippen molar-refractivity contribution in [1.29, 1.82) is 0 Å². The lowest BCUT2D eigenvalue weighted by Gasteiger charge is -2.36. The van der Waals surface area contributed by atoms with E-state index in [4.69, 9.17) is 5.11 Å². The first kappa shape index (κ1) is 14.0. The molecule has 108 valence electrons. The van der Waals surface area contributed by atoms with Crippen LogP contribution in [-0.4, -0.2) is 49.6 Å². The second kappa shape index (κ2) is 5.27. The van der Waals surface area contributed by atoms with Crippen molar-refractivity contribution < 1.29 is 19.6 Å². The molecule has 0 saturated carbocycles. The maximum atomic E-state index is 12.2. The summed E-state index contributed by atoms with van der Waals surface area (Å²) in [4.78, 5) is 34.6. The van der Waals surface area contributed by atoms with Crippen LogP contribution < -0.4 is 0 Å². The Bertz CT molecular complexity index is 555. The third-order valence-electron chi connectivity index (χ3n) is 3.55. The highest BCUT2D eigenvalue weighted by atomic mass is 16.6. The van der Waals surface area contributed by atoms with Crippen LogP contribution >= 0.6 is 0 Å². The van der Waals surface area contributed by atoms with Gasteiger partial charge in [-0.15, -0.1) is 5.10 Å². The Balaban J connectivity index is 2.18. The summed E-state index contributed by atoms with van der Waals surface area (Å²) in [7, 11) is 0. The average Bonchev–Trinajstić information content (AvgIpc) is 2.87. The summed E-state index contributed by atoms with van der Waals surface area (Å²) >= 11 is 0. The molecule has 1 saturated heterocycles. The van der Waals surface area contributed by atoms with Gasteiger partial charge in [-0.2, -0.15) is 0 Å². The molecule has 9 nitrogen and oxygen atoms in total. The van der Waals surface area contributed by atoms with E-state index in [1.54, 1.807) is 6.92 Å². The Hall–Kier alpha value is -2.45. The zero-order valence-electron chi connectivity index (χ0n) is 10.8. The number of carbonyl (C=O) groups is 2. The lowest BCUT2D eigenvalue weighted by molar-refractivity contribution is -0.389. The van der Waals surface area contributed by atoms with E-state index >= 15 is 0 Å². The maximum Gasteiger partial charge on any atom is 0.343 e. The number of aromatic amines is 1. The molecule has 2 atom stereocenters. The fraction of sp³-hybridized carbons (Fsp3) is 0.545. The number of rotatable bonds is 3. The van der Waals surface area contributed by atoms with E-state index in [0.29, 0.717) is 19.4 Å². The van der Waals surface area contributed by atoms with E-state index in [2.05, 4.69) is 10.2 Å². The van der Waals surface area contributed by atoms with Crippen LogP contribution in [0.25, 0.3) is 0 Å². The Morgan fingerprint density at radius 1 is 1.60 bits per heavy atom. The zero-order valence-corrected chi connectivity index (χ0v) is 10.8. The number of aliphatic carboxylic acids is 1. The molecule has 2 N–H and O–H groups in total. The van der Waals surface area contributed by atoms with Crippen LogP contribution in [0.5, 0.6) is 0 Å². The zero-order chi connectivity index (χ0) is 14.9. The minimum atomic E-state index is -0.942. The summed E-state index contributed by atoms with van der Waals surface area (Å²) in [5.74, 6) is -2.43. The van der Waals surface area contributed by atoms with Gasteiger partial charge in [-0.05, 0) is 24.7 Å². The van der Waals surface area contributed by atoms with E-state index in [0.717, 1.165) is 6.07 Å². The number of hydrogen-bond donors (Lipinski definition) is 2. The third-order valence-corrected chi connectivity index (χ3v) is 3.55. The predicted molar refractivity (Wildman–Crippen MR) is 66.1 cm³/mol. The van der Waals surface area contributed by atoms with Gasteiger partial charge < -0.3 is 20.1 Å². The smallest absolute Gasteiger partial charge is 0.343 e. The Morgan fingerprint density at radius 3 is 2.85 bits per heavy atom. The lowest BCUT2D eigenvalue weighted by Crippen LogP contribution is -2.49. The molecule has 0 spiro atoms. The molecule has 20 heavy (non-hydrogen) atoms. The SMILES string of the molecule is C[C@@H]1[C@H](C(=O)O)CCCN1C(=O)c1cc([N+](=O)[O-])[nH]n1. The van der Waals surface area contributed by atoms with Crippen LogP contribution in [-0.2, 0) is 4.79 Å². The van der Waals surface area contributed by atoms with E-state index in [-0.39, 0.29) is 11.5 Å². The van der Waals surface area contributed by atoms with Crippen molar-refractivity contribution in [1.82, 2.24) is 15.1 Å². The summed E-state index contributed by atoms with van der Waals surface area (Å²) in [5.41, 5.74) is -0.0745. The molecule has 1 fully saturated rings. The molecule has 2 heterocycles. The molecule has 0 aliphatic carbocycles. The van der Waals surface area contributed by atoms with Crippen molar-refractivity contribution in [2.75, 3.05) is 6.54 Å². The largest absolute Gasteiger partial charge is 0.481 e. The number of nitro groups is 1. The number of nitrogens with one attached hydrogen (secondary N) is 1. The van der Waals surface area contributed by atoms with Crippen molar-refractivity contribution in [3.63, 3.8) is 0 Å². The number of carboxylic acids is 1. The Morgan fingerprint density at radius 2 is 2.30 bits per heavy atom. The van der Waals surface area contributed by atoms with E-state index in [9.17, 15) is 19.7 Å². The van der Waals surface area contributed by atoms with Gasteiger partial charge in [-0.25, -0.2) is 0 Å². The van der Waals surface area contributed by atoms with Gasteiger partial charge in [0.2, 0.25) is 0 Å². The van der Waals surface area contributed by atoms with Crippen molar-refractivity contribution >= 4 is 17.7 Å². The van der Waals surface area contributed by atoms with Crippen molar-refractivity contribution in [2.24, 2.45) is 5.92 Å². The molecule has 1 amide bonds. The van der Waals surface area contributed by atoms with Crippen molar-refractivity contribution in [3.05, 3.63) is 21.9 Å². The highest BCUT2D eigenvalue weighted by molar-refractivity contribution is 5.93. The number of aromatic nitrogens is 2. The molecule has 0 aromatic carbocycles. The number of piperidine rings is 1. The maximum absolute atomic E-state index is 12.2. The first-order chi connectivity index (χ1) is 9.41. The Kier molecular flexibility index (Phi) is 3.68. The number of nitrogens with zero attached hydrogens (tertiary/aromatic N) is 3. The second-order valence-electron chi connectivity index (χ2n) is 4.72. The quantitative estimate of drug-likeness (QED) is 0.618. The molecule has 0 unspecified atom stereocenters. The van der Waals surface area contributed by atoms with Gasteiger partial charge in [0.15, 0.2) is 5.69 Å². The molecule has 1 aromatic rings. The van der Waals surface area contributed by atoms with Gasteiger partial charge in [0.05, 0.1) is 12.0 Å². The second-order valence-corrected chi connectivity index (χ2v) is 4.72. The molecule has 1 aromatic heterocycles. The van der Waals surface area contributed by atoms with E-state index in [1.165, 1.54) is 4.90 Å². The van der Waals surface area contributed by atoms with Gasteiger partial charge in [-0.1, -0.05) is 5.10 Å². The first-order valence-corrected chi connectivity index (χ1v) is 6.15. The topological polar surface area (TPSA) is 129 Å². The monoisotopic (exact) mass is 282 g/mol. The highest BCUT2D eigenvalue weighted by Gasteiger charge is 2.36. The normalized spacial score (nSPS) is 22.6. The lowest BCUT2D eigenvalue weighted by atomic mass is 9.90. The van der Waals surface area contributed by atoms with Crippen molar-refractivity contribution in [3.8, 4) is 0 Å². The molecular weight excluding hydrogens is 268 g/mol. The molecule has 2 rings (SSSR count). The number of likely N-dealkylation sites (tertiary alicyclic amines) is 1. The van der Waals surface area contributed by atoms with Gasteiger partial charge >= 0.3 is 11.8 Å². The van der Waals surface area contributed by atoms with E-state index < -0.39 is 28.8 Å². The van der Waals surface area contributed by atoms with Gasteiger partial charge in [0.25, 0.3) is 5.91 Å². The number of carbonyl (C=O) groups excluding carboxylic acids is 1. The van der Waals surface area contributed by atoms with Crippen LogP contribution in [0.2, 0.25) is 0 Å². The van der Waals surface area contributed by atoms with Crippen LogP contribution in [0.4, 0.5) is 5.82 Å². The molecule has 0 bridgehead atoms. The molecule has 1 aliphatic rings.